The Balaban J connectivity index is 1.80. The van der Waals surface area contributed by atoms with Crippen LogP contribution in [0.25, 0.3) is 0 Å². The van der Waals surface area contributed by atoms with Gasteiger partial charge in [-0.15, -0.1) is 11.3 Å². The van der Waals surface area contributed by atoms with Crippen LogP contribution >= 0.6 is 11.3 Å². The summed E-state index contributed by atoms with van der Waals surface area (Å²) in [7, 11) is 0. The van der Waals surface area contributed by atoms with E-state index in [1.165, 1.54) is 4.88 Å². The molecule has 0 bridgehead atoms. The van der Waals surface area contributed by atoms with Gasteiger partial charge in [-0.2, -0.15) is 0 Å². The number of aliphatic hydroxyl groups is 1. The number of hydrogen-bond donors (Lipinski definition) is 1. The molecule has 14 heavy (non-hydrogen) atoms. The molecule has 0 aromatic carbocycles. The maximum atomic E-state index is 9.36. The van der Waals surface area contributed by atoms with E-state index in [-0.39, 0.29) is 6.10 Å². The maximum absolute atomic E-state index is 9.36. The van der Waals surface area contributed by atoms with Gasteiger partial charge in [-0.05, 0) is 19.8 Å². The van der Waals surface area contributed by atoms with E-state index in [9.17, 15) is 5.11 Å². The highest BCUT2D eigenvalue weighted by Crippen LogP contribution is 2.15. The molecule has 0 amide bonds. The minimum Gasteiger partial charge on any atom is -0.392 e. The van der Waals surface area contributed by atoms with Gasteiger partial charge in [0.1, 0.15) is 0 Å². The lowest BCUT2D eigenvalue weighted by Crippen LogP contribution is -2.24. The molecule has 78 valence electrons. The van der Waals surface area contributed by atoms with Gasteiger partial charge in [-0.1, -0.05) is 0 Å². The quantitative estimate of drug-likeness (QED) is 0.814. The standard InChI is InChI=1S/C10H16N2OS/c1-8-10(14-7-11-8)3-5-12-4-2-9(13)6-12/h7,9,13H,2-6H2,1H3/t9-/m0/s1. The summed E-state index contributed by atoms with van der Waals surface area (Å²) in [5, 5.41) is 9.36. The Hall–Kier alpha value is -0.450. The van der Waals surface area contributed by atoms with Crippen molar-refractivity contribution in [3.63, 3.8) is 0 Å². The first kappa shape index (κ1) is 10.1. The molecule has 1 aliphatic heterocycles. The average molecular weight is 212 g/mol. The molecule has 0 aliphatic carbocycles. The number of nitrogens with zero attached hydrogens (tertiary/aromatic N) is 2. The first-order chi connectivity index (χ1) is 6.75. The zero-order chi connectivity index (χ0) is 9.97. The number of thiazole rings is 1. The van der Waals surface area contributed by atoms with E-state index >= 15 is 0 Å². The van der Waals surface area contributed by atoms with Crippen LogP contribution in [0.5, 0.6) is 0 Å². The minimum atomic E-state index is -0.0995. The normalized spacial score (nSPS) is 23.1. The summed E-state index contributed by atoms with van der Waals surface area (Å²) in [4.78, 5) is 7.93. The molecule has 1 aliphatic rings. The van der Waals surface area contributed by atoms with Gasteiger partial charge in [0.25, 0.3) is 0 Å². The number of β-amino-alcohol motifs (C(OH)–C–C–N with tert-alkyl or cyclic N) is 1. The third-order valence-corrected chi connectivity index (χ3v) is 3.74. The molecule has 1 atom stereocenters. The molecule has 4 heteroatoms. The van der Waals surface area contributed by atoms with Crippen LogP contribution in [0.15, 0.2) is 5.51 Å². The van der Waals surface area contributed by atoms with Crippen molar-refractivity contribution in [1.82, 2.24) is 9.88 Å². The molecule has 2 rings (SSSR count). The van der Waals surface area contributed by atoms with Gasteiger partial charge < -0.3 is 10.0 Å². The first-order valence-corrected chi connectivity index (χ1v) is 5.93. The second-order valence-corrected chi connectivity index (χ2v) is 4.79. The lowest BCUT2D eigenvalue weighted by molar-refractivity contribution is 0.177. The highest BCUT2D eigenvalue weighted by molar-refractivity contribution is 7.09. The van der Waals surface area contributed by atoms with Gasteiger partial charge in [0.15, 0.2) is 0 Å². The molecule has 1 N–H and O–H groups in total. The van der Waals surface area contributed by atoms with Crippen LogP contribution in [-0.2, 0) is 6.42 Å². The summed E-state index contributed by atoms with van der Waals surface area (Å²) in [6.07, 6.45) is 1.91. The van der Waals surface area contributed by atoms with E-state index in [4.69, 9.17) is 0 Å². The third-order valence-electron chi connectivity index (χ3n) is 2.75. The molecule has 0 spiro atoms. The predicted octanol–water partition coefficient (Wildman–Crippen LogP) is 1.06. The number of aromatic nitrogens is 1. The third kappa shape index (κ3) is 2.32. The van der Waals surface area contributed by atoms with E-state index in [0.717, 1.165) is 38.2 Å². The van der Waals surface area contributed by atoms with Gasteiger partial charge in [-0.3, -0.25) is 0 Å². The van der Waals surface area contributed by atoms with Crippen LogP contribution in [0.1, 0.15) is 17.0 Å². The van der Waals surface area contributed by atoms with Crippen LogP contribution in [0.4, 0.5) is 0 Å². The molecule has 1 saturated heterocycles. The molecule has 1 aromatic rings. The molecular formula is C10H16N2OS. The van der Waals surface area contributed by atoms with Crippen LogP contribution in [0, 0.1) is 6.92 Å². The van der Waals surface area contributed by atoms with E-state index in [1.807, 2.05) is 5.51 Å². The van der Waals surface area contributed by atoms with Gasteiger partial charge in [0, 0.05) is 24.5 Å². The van der Waals surface area contributed by atoms with E-state index in [2.05, 4.69) is 16.8 Å². The Morgan fingerprint density at radius 3 is 3.14 bits per heavy atom. The number of rotatable bonds is 3. The van der Waals surface area contributed by atoms with Gasteiger partial charge >= 0.3 is 0 Å². The molecule has 1 aromatic heterocycles. The zero-order valence-electron chi connectivity index (χ0n) is 8.44. The van der Waals surface area contributed by atoms with Crippen molar-refractivity contribution < 1.29 is 5.11 Å². The summed E-state index contributed by atoms with van der Waals surface area (Å²) in [5.41, 5.74) is 3.07. The Bertz CT molecular complexity index is 300. The predicted molar refractivity (Wildman–Crippen MR) is 57.6 cm³/mol. The van der Waals surface area contributed by atoms with Crippen LogP contribution in [-0.4, -0.2) is 40.7 Å². The van der Waals surface area contributed by atoms with Gasteiger partial charge in [0.2, 0.25) is 0 Å². The van der Waals surface area contributed by atoms with Gasteiger partial charge in [-0.25, -0.2) is 4.98 Å². The Kier molecular flexibility index (Phi) is 3.15. The molecular weight excluding hydrogens is 196 g/mol. The summed E-state index contributed by atoms with van der Waals surface area (Å²) >= 11 is 1.73. The number of aryl methyl sites for hydroxylation is 1. The number of hydrogen-bond acceptors (Lipinski definition) is 4. The number of likely N-dealkylation sites (tertiary alicyclic amines) is 1. The fourth-order valence-corrected chi connectivity index (χ4v) is 2.61. The smallest absolute Gasteiger partial charge is 0.0797 e. The van der Waals surface area contributed by atoms with E-state index in [1.54, 1.807) is 11.3 Å². The van der Waals surface area contributed by atoms with Crippen molar-refractivity contribution >= 4 is 11.3 Å². The minimum absolute atomic E-state index is 0.0995. The second kappa shape index (κ2) is 4.38. The monoisotopic (exact) mass is 212 g/mol. The molecule has 0 saturated carbocycles. The van der Waals surface area contributed by atoms with Crippen LogP contribution in [0.2, 0.25) is 0 Å². The average Bonchev–Trinajstić information content (AvgIpc) is 2.72. The maximum Gasteiger partial charge on any atom is 0.0797 e. The van der Waals surface area contributed by atoms with Crippen molar-refractivity contribution in [2.75, 3.05) is 19.6 Å². The van der Waals surface area contributed by atoms with Crippen LogP contribution < -0.4 is 0 Å². The van der Waals surface area contributed by atoms with Crippen molar-refractivity contribution in [3.8, 4) is 0 Å². The molecule has 0 radical (unpaired) electrons. The molecule has 3 nitrogen and oxygen atoms in total. The molecule has 0 unspecified atom stereocenters. The van der Waals surface area contributed by atoms with Gasteiger partial charge in [0.05, 0.1) is 17.3 Å². The largest absolute Gasteiger partial charge is 0.392 e. The lowest BCUT2D eigenvalue weighted by Gasteiger charge is -2.13. The Morgan fingerprint density at radius 1 is 1.71 bits per heavy atom. The fourth-order valence-electron chi connectivity index (χ4n) is 1.84. The summed E-state index contributed by atoms with van der Waals surface area (Å²) in [5.74, 6) is 0. The summed E-state index contributed by atoms with van der Waals surface area (Å²) in [6.45, 7) is 5.00. The van der Waals surface area contributed by atoms with Crippen molar-refractivity contribution in [2.45, 2.75) is 25.9 Å². The summed E-state index contributed by atoms with van der Waals surface area (Å²) in [6, 6.07) is 0. The molecule has 1 fully saturated rings. The highest BCUT2D eigenvalue weighted by atomic mass is 32.1. The number of aliphatic hydroxyl groups excluding tert-OH is 1. The highest BCUT2D eigenvalue weighted by Gasteiger charge is 2.19. The zero-order valence-corrected chi connectivity index (χ0v) is 9.26. The SMILES string of the molecule is Cc1ncsc1CCN1CC[C@H](O)C1. The Labute approximate surface area is 88.4 Å². The summed E-state index contributed by atoms with van der Waals surface area (Å²) < 4.78 is 0. The van der Waals surface area contributed by atoms with Crippen molar-refractivity contribution in [2.24, 2.45) is 0 Å². The first-order valence-electron chi connectivity index (χ1n) is 5.05. The van der Waals surface area contributed by atoms with Crippen LogP contribution in [0.3, 0.4) is 0 Å². The van der Waals surface area contributed by atoms with Crippen molar-refractivity contribution in [3.05, 3.63) is 16.1 Å². The van der Waals surface area contributed by atoms with Crippen molar-refractivity contribution in [1.29, 1.82) is 0 Å². The topological polar surface area (TPSA) is 36.4 Å². The van der Waals surface area contributed by atoms with E-state index in [0.29, 0.717) is 0 Å². The second-order valence-electron chi connectivity index (χ2n) is 3.85. The lowest BCUT2D eigenvalue weighted by atomic mass is 10.3. The molecule has 2 heterocycles. The van der Waals surface area contributed by atoms with E-state index < -0.39 is 0 Å². The fraction of sp³-hybridized carbons (Fsp3) is 0.700. The Morgan fingerprint density at radius 2 is 2.57 bits per heavy atom.